The van der Waals surface area contributed by atoms with E-state index in [1.807, 2.05) is 25.1 Å². The Morgan fingerprint density at radius 3 is 2.52 bits per heavy atom. The zero-order chi connectivity index (χ0) is 22.8. The molecule has 0 heterocycles. The summed E-state index contributed by atoms with van der Waals surface area (Å²) < 4.78 is 6.48. The van der Waals surface area contributed by atoms with Crippen LogP contribution in [0.2, 0.25) is 10.0 Å². The van der Waals surface area contributed by atoms with Gasteiger partial charge in [0.05, 0.1) is 5.02 Å². The molecule has 5 nitrogen and oxygen atoms in total. The van der Waals surface area contributed by atoms with Gasteiger partial charge in [-0.05, 0) is 42.7 Å². The van der Waals surface area contributed by atoms with Gasteiger partial charge in [0.1, 0.15) is 11.8 Å². The van der Waals surface area contributed by atoms with Crippen LogP contribution in [0.3, 0.4) is 0 Å². The highest BCUT2D eigenvalue weighted by Crippen LogP contribution is 2.28. The van der Waals surface area contributed by atoms with Gasteiger partial charge in [0, 0.05) is 22.6 Å². The molecule has 2 amide bonds. The molecule has 2 rings (SSSR count). The summed E-state index contributed by atoms with van der Waals surface area (Å²) in [4.78, 5) is 27.5. The Hall–Kier alpha value is -1.76. The zero-order valence-electron chi connectivity index (χ0n) is 17.7. The van der Waals surface area contributed by atoms with Crippen LogP contribution in [0.1, 0.15) is 38.7 Å². The summed E-state index contributed by atoms with van der Waals surface area (Å²) >= 11 is 15.9. The lowest BCUT2D eigenvalue weighted by Gasteiger charge is -2.31. The summed E-state index contributed by atoms with van der Waals surface area (Å²) in [5, 5.41) is 3.86. The topological polar surface area (TPSA) is 58.6 Å². The predicted molar refractivity (Wildman–Crippen MR) is 129 cm³/mol. The van der Waals surface area contributed by atoms with Crippen molar-refractivity contribution in [3.63, 3.8) is 0 Å². The minimum atomic E-state index is -0.635. The highest BCUT2D eigenvalue weighted by Gasteiger charge is 2.29. The molecule has 2 aromatic carbocycles. The zero-order valence-corrected chi connectivity index (χ0v) is 20.8. The van der Waals surface area contributed by atoms with E-state index in [-0.39, 0.29) is 25.0 Å². The number of halogens is 3. The molecular formula is C23H27BrCl2N2O3. The van der Waals surface area contributed by atoms with Gasteiger partial charge in [-0.15, -0.1) is 0 Å². The number of ether oxygens (including phenoxy) is 1. The molecular weight excluding hydrogens is 503 g/mol. The largest absolute Gasteiger partial charge is 0.482 e. The average Bonchev–Trinajstić information content (AvgIpc) is 2.74. The molecule has 0 fully saturated rings. The second-order valence-electron chi connectivity index (χ2n) is 7.05. The van der Waals surface area contributed by atoms with Crippen molar-refractivity contribution in [3.05, 3.63) is 62.5 Å². The Morgan fingerprint density at radius 1 is 1.13 bits per heavy atom. The number of hydrogen-bond donors (Lipinski definition) is 1. The maximum atomic E-state index is 13.2. The molecule has 1 atom stereocenters. The molecule has 0 aliphatic rings. The Labute approximate surface area is 202 Å². The van der Waals surface area contributed by atoms with Crippen LogP contribution in [0.4, 0.5) is 0 Å². The fraction of sp³-hybridized carbons (Fsp3) is 0.391. The molecule has 8 heteroatoms. The maximum Gasteiger partial charge on any atom is 0.261 e. The van der Waals surface area contributed by atoms with Gasteiger partial charge in [-0.25, -0.2) is 0 Å². The van der Waals surface area contributed by atoms with Crippen LogP contribution < -0.4 is 10.1 Å². The second kappa shape index (κ2) is 12.9. The van der Waals surface area contributed by atoms with Crippen LogP contribution in [0.5, 0.6) is 5.75 Å². The quantitative estimate of drug-likeness (QED) is 0.371. The summed E-state index contributed by atoms with van der Waals surface area (Å²) in [6, 6.07) is 11.8. The summed E-state index contributed by atoms with van der Waals surface area (Å²) in [5.41, 5.74) is 0.763. The van der Waals surface area contributed by atoms with Crippen LogP contribution in [-0.2, 0) is 16.1 Å². The normalized spacial score (nSPS) is 11.6. The molecule has 0 radical (unpaired) electrons. The summed E-state index contributed by atoms with van der Waals surface area (Å²) in [6.45, 7) is 4.47. The smallest absolute Gasteiger partial charge is 0.261 e. The standard InChI is InChI=1S/C23H27BrCl2N2O3/c1-3-5-12-27-23(30)20(4-2)28(14-16-8-6-7-9-18(16)25)22(29)15-31-21-11-10-17(24)13-19(21)26/h6-11,13,20H,3-5,12,14-15H2,1-2H3,(H,27,30). The third-order valence-electron chi connectivity index (χ3n) is 4.76. The molecule has 31 heavy (non-hydrogen) atoms. The van der Waals surface area contributed by atoms with E-state index in [0.717, 1.165) is 22.9 Å². The van der Waals surface area contributed by atoms with Crippen LogP contribution in [0.25, 0.3) is 0 Å². The van der Waals surface area contributed by atoms with Gasteiger partial charge >= 0.3 is 0 Å². The van der Waals surface area contributed by atoms with E-state index in [2.05, 4.69) is 28.2 Å². The van der Waals surface area contributed by atoms with Gasteiger partial charge in [-0.1, -0.05) is 77.6 Å². The van der Waals surface area contributed by atoms with Crippen molar-refractivity contribution in [1.29, 1.82) is 0 Å². The van der Waals surface area contributed by atoms with Crippen molar-refractivity contribution in [2.75, 3.05) is 13.2 Å². The minimum Gasteiger partial charge on any atom is -0.482 e. The van der Waals surface area contributed by atoms with Gasteiger partial charge in [0.25, 0.3) is 5.91 Å². The van der Waals surface area contributed by atoms with Crippen molar-refractivity contribution in [3.8, 4) is 5.75 Å². The average molecular weight is 530 g/mol. The van der Waals surface area contributed by atoms with Crippen LogP contribution in [0, 0.1) is 0 Å². The van der Waals surface area contributed by atoms with Gasteiger partial charge in [0.2, 0.25) is 5.91 Å². The van der Waals surface area contributed by atoms with E-state index >= 15 is 0 Å². The van der Waals surface area contributed by atoms with E-state index in [4.69, 9.17) is 27.9 Å². The molecule has 0 saturated carbocycles. The van der Waals surface area contributed by atoms with Crippen molar-refractivity contribution in [2.45, 2.75) is 45.7 Å². The fourth-order valence-electron chi connectivity index (χ4n) is 3.05. The van der Waals surface area contributed by atoms with Crippen LogP contribution >= 0.6 is 39.1 Å². The van der Waals surface area contributed by atoms with Crippen molar-refractivity contribution in [2.24, 2.45) is 0 Å². The number of nitrogens with one attached hydrogen (secondary N) is 1. The minimum absolute atomic E-state index is 0.182. The first-order chi connectivity index (χ1) is 14.9. The third kappa shape index (κ3) is 7.70. The monoisotopic (exact) mass is 528 g/mol. The summed E-state index contributed by atoms with van der Waals surface area (Å²) in [7, 11) is 0. The van der Waals surface area contributed by atoms with Gasteiger partial charge in [-0.3, -0.25) is 9.59 Å². The van der Waals surface area contributed by atoms with Crippen molar-refractivity contribution >= 4 is 50.9 Å². The summed E-state index contributed by atoms with van der Waals surface area (Å²) in [6.07, 6.45) is 2.32. The molecule has 0 aliphatic heterocycles. The number of amides is 2. The SMILES string of the molecule is CCCCNC(=O)C(CC)N(Cc1ccccc1Cl)C(=O)COc1ccc(Br)cc1Cl. The molecule has 0 bridgehead atoms. The Morgan fingerprint density at radius 2 is 1.87 bits per heavy atom. The lowest BCUT2D eigenvalue weighted by atomic mass is 10.1. The molecule has 2 aromatic rings. The van der Waals surface area contributed by atoms with Gasteiger partial charge in [0.15, 0.2) is 6.61 Å². The van der Waals surface area contributed by atoms with E-state index < -0.39 is 6.04 Å². The molecule has 168 valence electrons. The lowest BCUT2D eigenvalue weighted by molar-refractivity contribution is -0.143. The number of unbranched alkanes of at least 4 members (excludes halogenated alkanes) is 1. The van der Waals surface area contributed by atoms with E-state index in [9.17, 15) is 9.59 Å². The molecule has 1 N–H and O–H groups in total. The first-order valence-corrected chi connectivity index (χ1v) is 11.8. The Balaban J connectivity index is 2.21. The fourth-order valence-corrected chi connectivity index (χ4v) is 3.97. The second-order valence-corrected chi connectivity index (χ2v) is 8.78. The van der Waals surface area contributed by atoms with Crippen LogP contribution in [0.15, 0.2) is 46.9 Å². The number of nitrogens with zero attached hydrogens (tertiary/aromatic N) is 1. The van der Waals surface area contributed by atoms with E-state index in [1.165, 1.54) is 4.90 Å². The van der Waals surface area contributed by atoms with Gasteiger partial charge in [-0.2, -0.15) is 0 Å². The molecule has 0 aliphatic carbocycles. The first-order valence-electron chi connectivity index (χ1n) is 10.3. The molecule has 0 aromatic heterocycles. The van der Waals surface area contributed by atoms with Gasteiger partial charge < -0.3 is 15.0 Å². The van der Waals surface area contributed by atoms with E-state index in [0.29, 0.717) is 28.8 Å². The maximum absolute atomic E-state index is 13.2. The van der Waals surface area contributed by atoms with Crippen molar-refractivity contribution < 1.29 is 14.3 Å². The molecule has 0 spiro atoms. The predicted octanol–water partition coefficient (Wildman–Crippen LogP) is 5.86. The number of hydrogen-bond acceptors (Lipinski definition) is 3. The first kappa shape index (κ1) is 25.5. The highest BCUT2D eigenvalue weighted by molar-refractivity contribution is 9.10. The third-order valence-corrected chi connectivity index (χ3v) is 5.92. The summed E-state index contributed by atoms with van der Waals surface area (Å²) in [5.74, 6) is -0.106. The Kier molecular flexibility index (Phi) is 10.6. The number of benzene rings is 2. The Bertz CT molecular complexity index is 895. The number of rotatable bonds is 11. The van der Waals surface area contributed by atoms with Crippen molar-refractivity contribution in [1.82, 2.24) is 10.2 Å². The molecule has 0 saturated heterocycles. The molecule has 1 unspecified atom stereocenters. The number of carbonyl (C=O) groups is 2. The highest BCUT2D eigenvalue weighted by atomic mass is 79.9. The lowest BCUT2D eigenvalue weighted by Crippen LogP contribution is -2.50. The number of carbonyl (C=O) groups excluding carboxylic acids is 2. The van der Waals surface area contributed by atoms with Crippen LogP contribution in [-0.4, -0.2) is 35.9 Å². The van der Waals surface area contributed by atoms with E-state index in [1.54, 1.807) is 24.3 Å².